The van der Waals surface area contributed by atoms with Gasteiger partial charge in [-0.25, -0.2) is 0 Å². The van der Waals surface area contributed by atoms with Gasteiger partial charge in [-0.3, -0.25) is 4.79 Å². The maximum absolute atomic E-state index is 13.0. The van der Waals surface area contributed by atoms with E-state index >= 15 is 0 Å². The number of ether oxygens (including phenoxy) is 4. The normalized spacial score (nSPS) is 30.0. The first-order valence-corrected chi connectivity index (χ1v) is 21.3. The third-order valence-electron chi connectivity index (χ3n) is 10.8. The molecule has 14 nitrogen and oxygen atoms in total. The molecule has 2 aliphatic rings. The highest BCUT2D eigenvalue weighted by Crippen LogP contribution is 2.30. The minimum Gasteiger partial charge on any atom is -0.394 e. The molecule has 0 saturated carbocycles. The Morgan fingerprint density at radius 3 is 1.57 bits per heavy atom. The van der Waals surface area contributed by atoms with Crippen LogP contribution in [-0.4, -0.2) is 140 Å². The molecule has 320 valence electrons. The lowest BCUT2D eigenvalue weighted by Crippen LogP contribution is -2.65. The van der Waals surface area contributed by atoms with Gasteiger partial charge in [0.1, 0.15) is 48.8 Å². The first-order chi connectivity index (χ1) is 26.1. The summed E-state index contributed by atoms with van der Waals surface area (Å²) in [6.07, 6.45) is 7.02. The first kappa shape index (κ1) is 49.1. The van der Waals surface area contributed by atoms with Crippen molar-refractivity contribution in [3.8, 4) is 0 Å². The molecule has 2 saturated heterocycles. The number of unbranched alkanes of at least 4 members (excludes halogenated alkanes) is 18. The molecule has 2 rings (SSSR count). The average molecular weight is 780 g/mol. The summed E-state index contributed by atoms with van der Waals surface area (Å²) in [5.41, 5.74) is 0. The molecular formula is C40H77NO13. The first-order valence-electron chi connectivity index (χ1n) is 21.3. The van der Waals surface area contributed by atoms with E-state index in [1.54, 1.807) is 0 Å². The molecule has 0 radical (unpaired) electrons. The number of nitrogens with one attached hydrogen (secondary N) is 1. The van der Waals surface area contributed by atoms with Crippen molar-refractivity contribution in [1.82, 2.24) is 5.32 Å². The van der Waals surface area contributed by atoms with Gasteiger partial charge in [0.05, 0.1) is 32.0 Å². The number of hydrogen-bond acceptors (Lipinski definition) is 13. The van der Waals surface area contributed by atoms with E-state index in [1.807, 2.05) is 0 Å². The minimum absolute atomic E-state index is 0.211. The van der Waals surface area contributed by atoms with Crippen LogP contribution in [-0.2, 0) is 23.7 Å². The van der Waals surface area contributed by atoms with Gasteiger partial charge >= 0.3 is 0 Å². The summed E-state index contributed by atoms with van der Waals surface area (Å²) in [7, 11) is 0. The Labute approximate surface area is 323 Å². The fourth-order valence-corrected chi connectivity index (χ4v) is 7.23. The van der Waals surface area contributed by atoms with Crippen molar-refractivity contribution in [2.24, 2.45) is 0 Å². The van der Waals surface area contributed by atoms with Crippen molar-refractivity contribution in [3.05, 3.63) is 0 Å². The largest absolute Gasteiger partial charge is 0.394 e. The molecular weight excluding hydrogens is 702 g/mol. The maximum atomic E-state index is 13.0. The second-order valence-corrected chi connectivity index (χ2v) is 15.5. The number of hydrogen-bond donors (Lipinski definition) is 9. The van der Waals surface area contributed by atoms with Crippen LogP contribution in [0.4, 0.5) is 0 Å². The lowest BCUT2D eigenvalue weighted by Gasteiger charge is -2.46. The lowest BCUT2D eigenvalue weighted by molar-refractivity contribution is -0.359. The highest BCUT2D eigenvalue weighted by molar-refractivity contribution is 5.76. The highest BCUT2D eigenvalue weighted by atomic mass is 16.7. The highest BCUT2D eigenvalue weighted by Gasteiger charge is 2.50. The number of amides is 1. The lowest BCUT2D eigenvalue weighted by atomic mass is 9.97. The van der Waals surface area contributed by atoms with E-state index in [-0.39, 0.29) is 12.5 Å². The molecule has 14 heteroatoms. The number of aliphatic hydroxyl groups excluding tert-OH is 8. The van der Waals surface area contributed by atoms with E-state index in [0.717, 1.165) is 51.4 Å². The third kappa shape index (κ3) is 18.1. The molecule has 0 spiro atoms. The van der Waals surface area contributed by atoms with Crippen molar-refractivity contribution >= 4 is 5.91 Å². The molecule has 54 heavy (non-hydrogen) atoms. The van der Waals surface area contributed by atoms with E-state index in [1.165, 1.54) is 77.0 Å². The molecule has 2 fully saturated rings. The van der Waals surface area contributed by atoms with Gasteiger partial charge in [0.2, 0.25) is 5.91 Å². The van der Waals surface area contributed by atoms with Gasteiger partial charge in [-0.05, 0) is 12.8 Å². The Hall–Kier alpha value is -1.01. The molecule has 0 bridgehead atoms. The van der Waals surface area contributed by atoms with Crippen molar-refractivity contribution in [2.45, 2.75) is 229 Å². The zero-order valence-electron chi connectivity index (χ0n) is 33.2. The van der Waals surface area contributed by atoms with E-state index in [2.05, 4.69) is 19.2 Å². The molecule has 0 aromatic rings. The second-order valence-electron chi connectivity index (χ2n) is 15.5. The van der Waals surface area contributed by atoms with Gasteiger partial charge in [-0.1, -0.05) is 136 Å². The Bertz CT molecular complexity index is 930. The topological polar surface area (TPSA) is 228 Å². The van der Waals surface area contributed by atoms with Gasteiger partial charge in [0, 0.05) is 6.42 Å². The Morgan fingerprint density at radius 1 is 0.593 bits per heavy atom. The molecule has 9 N–H and O–H groups in total. The quantitative estimate of drug-likeness (QED) is 0.0462. The van der Waals surface area contributed by atoms with Gasteiger partial charge < -0.3 is 65.1 Å². The Kier molecular flexibility index (Phi) is 26.6. The zero-order chi connectivity index (χ0) is 39.7. The van der Waals surface area contributed by atoms with Crippen molar-refractivity contribution < 1.29 is 64.6 Å². The number of rotatable bonds is 31. The van der Waals surface area contributed by atoms with Crippen LogP contribution in [0.2, 0.25) is 0 Å². The fraction of sp³-hybridized carbons (Fsp3) is 0.975. The summed E-state index contributed by atoms with van der Waals surface area (Å²) in [5, 5.41) is 86.3. The van der Waals surface area contributed by atoms with Crippen LogP contribution in [0.5, 0.6) is 0 Å². The average Bonchev–Trinajstić information content (AvgIpc) is 3.17. The van der Waals surface area contributed by atoms with Crippen LogP contribution >= 0.6 is 0 Å². The van der Waals surface area contributed by atoms with Gasteiger partial charge in [-0.2, -0.15) is 0 Å². The van der Waals surface area contributed by atoms with E-state index in [0.29, 0.717) is 12.8 Å². The van der Waals surface area contributed by atoms with Gasteiger partial charge in [-0.15, -0.1) is 0 Å². The molecule has 12 unspecified atom stereocenters. The summed E-state index contributed by atoms with van der Waals surface area (Å²) >= 11 is 0. The van der Waals surface area contributed by atoms with E-state index in [9.17, 15) is 45.6 Å². The van der Waals surface area contributed by atoms with Crippen LogP contribution < -0.4 is 5.32 Å². The molecule has 2 aliphatic heterocycles. The smallest absolute Gasteiger partial charge is 0.220 e. The summed E-state index contributed by atoms with van der Waals surface area (Å²) in [6.45, 7) is 2.78. The van der Waals surface area contributed by atoms with Crippen LogP contribution in [0, 0.1) is 0 Å². The molecule has 2 heterocycles. The second kappa shape index (κ2) is 29.2. The predicted molar refractivity (Wildman–Crippen MR) is 203 cm³/mol. The van der Waals surface area contributed by atoms with E-state index < -0.39 is 86.8 Å². The fourth-order valence-electron chi connectivity index (χ4n) is 7.23. The van der Waals surface area contributed by atoms with Crippen molar-refractivity contribution in [2.75, 3.05) is 19.8 Å². The maximum Gasteiger partial charge on any atom is 0.220 e. The SMILES string of the molecule is CCCCCCCCCCCCC(=O)NC(COC1OC(CO)C(OC2OC(CO)C(O)C(O)C2O)C(O)C1O)C(O)CCCCCCCCCCCC. The third-order valence-corrected chi connectivity index (χ3v) is 10.8. The Balaban J connectivity index is 1.92. The number of carbonyl (C=O) groups excluding carboxylic acids is 1. The minimum atomic E-state index is -1.78. The van der Waals surface area contributed by atoms with E-state index in [4.69, 9.17) is 18.9 Å². The van der Waals surface area contributed by atoms with Crippen LogP contribution in [0.25, 0.3) is 0 Å². The predicted octanol–water partition coefficient (Wildman–Crippen LogP) is 3.09. The Morgan fingerprint density at radius 2 is 1.06 bits per heavy atom. The summed E-state index contributed by atoms with van der Waals surface area (Å²) in [5.74, 6) is -0.211. The summed E-state index contributed by atoms with van der Waals surface area (Å²) < 4.78 is 22.6. The molecule has 12 atom stereocenters. The summed E-state index contributed by atoms with van der Waals surface area (Å²) in [6, 6.07) is -0.817. The molecule has 0 aromatic heterocycles. The van der Waals surface area contributed by atoms with Crippen molar-refractivity contribution in [3.63, 3.8) is 0 Å². The molecule has 1 amide bonds. The van der Waals surface area contributed by atoms with Crippen molar-refractivity contribution in [1.29, 1.82) is 0 Å². The molecule has 0 aromatic carbocycles. The number of carbonyl (C=O) groups is 1. The number of aliphatic hydroxyl groups is 8. The standard InChI is InChI=1S/C40H77NO13/c1-3-5-7-9-11-13-15-17-19-21-23-29(44)28(41-32(45)24-22-20-18-16-14-12-10-8-6-4-2)27-51-39-37(50)35(48)38(31(26-43)53-39)54-40-36(49)34(47)33(46)30(25-42)52-40/h28-31,33-40,42-44,46-50H,3-27H2,1-2H3,(H,41,45). The molecule has 0 aliphatic carbocycles. The van der Waals surface area contributed by atoms with Gasteiger partial charge in [0.25, 0.3) is 0 Å². The zero-order valence-corrected chi connectivity index (χ0v) is 33.2. The van der Waals surface area contributed by atoms with Gasteiger partial charge in [0.15, 0.2) is 12.6 Å². The van der Waals surface area contributed by atoms with Crippen LogP contribution in [0.1, 0.15) is 155 Å². The van der Waals surface area contributed by atoms with Crippen LogP contribution in [0.3, 0.4) is 0 Å². The monoisotopic (exact) mass is 780 g/mol. The van der Waals surface area contributed by atoms with Crippen LogP contribution in [0.15, 0.2) is 0 Å². The summed E-state index contributed by atoms with van der Waals surface area (Å²) in [4.78, 5) is 13.0.